The van der Waals surface area contributed by atoms with Crippen LogP contribution in [0.15, 0.2) is 24.3 Å². The fourth-order valence-electron chi connectivity index (χ4n) is 3.27. The van der Waals surface area contributed by atoms with E-state index in [9.17, 15) is 13.2 Å². The van der Waals surface area contributed by atoms with Gasteiger partial charge in [-0.2, -0.15) is 13.2 Å². The van der Waals surface area contributed by atoms with Crippen molar-refractivity contribution in [1.82, 2.24) is 15.2 Å². The molecule has 1 aliphatic carbocycles. The van der Waals surface area contributed by atoms with Gasteiger partial charge in [0.2, 0.25) is 0 Å². The fraction of sp³-hybridized carbons (Fsp3) is 0.476. The van der Waals surface area contributed by atoms with E-state index in [1.807, 2.05) is 19.9 Å². The Morgan fingerprint density at radius 1 is 1.21 bits per heavy atom. The van der Waals surface area contributed by atoms with Gasteiger partial charge in [0.05, 0.1) is 16.1 Å². The summed E-state index contributed by atoms with van der Waals surface area (Å²) in [7, 11) is 0. The molecule has 1 aromatic heterocycles. The van der Waals surface area contributed by atoms with E-state index in [0.717, 1.165) is 67.3 Å². The Bertz CT molecular complexity index is 842. The number of aryl methyl sites for hydroxylation is 1. The monoisotopic (exact) mass is 425 g/mol. The lowest BCUT2D eigenvalue weighted by Gasteiger charge is -2.27. The van der Waals surface area contributed by atoms with Crippen LogP contribution < -0.4 is 10.1 Å². The first-order chi connectivity index (χ1) is 14.0. The molecule has 1 saturated heterocycles. The number of rotatable bonds is 4. The van der Waals surface area contributed by atoms with Gasteiger partial charge in [0.1, 0.15) is 5.75 Å². The minimum atomic E-state index is -4.41. The van der Waals surface area contributed by atoms with Gasteiger partial charge >= 0.3 is 6.18 Å². The SMILES string of the molecule is CC.FC(F)(F)c1ccc(CN2CCNCC2)c(Oc2nc3c(s2)C=CCC3)c1. The third-order valence-corrected chi connectivity index (χ3v) is 5.66. The zero-order valence-corrected chi connectivity index (χ0v) is 17.5. The van der Waals surface area contributed by atoms with Crippen LogP contribution in [0.25, 0.3) is 6.08 Å². The molecule has 0 unspecified atom stereocenters. The number of hydrogen-bond acceptors (Lipinski definition) is 5. The average Bonchev–Trinajstić information content (AvgIpc) is 3.13. The van der Waals surface area contributed by atoms with Crippen molar-refractivity contribution in [2.24, 2.45) is 0 Å². The molecule has 0 amide bonds. The van der Waals surface area contributed by atoms with E-state index in [4.69, 9.17) is 4.74 Å². The molecule has 0 bridgehead atoms. The molecule has 0 atom stereocenters. The molecule has 8 heteroatoms. The lowest BCUT2D eigenvalue weighted by atomic mass is 10.1. The van der Waals surface area contributed by atoms with Crippen molar-refractivity contribution in [1.29, 1.82) is 0 Å². The van der Waals surface area contributed by atoms with Gasteiger partial charge in [-0.25, -0.2) is 4.98 Å². The van der Waals surface area contributed by atoms with Gasteiger partial charge < -0.3 is 10.1 Å². The highest BCUT2D eigenvalue weighted by molar-refractivity contribution is 7.14. The van der Waals surface area contributed by atoms with E-state index >= 15 is 0 Å². The summed E-state index contributed by atoms with van der Waals surface area (Å²) >= 11 is 1.37. The van der Waals surface area contributed by atoms with Gasteiger partial charge in [0, 0.05) is 38.3 Å². The standard InChI is InChI=1S/C19H20F3N3OS.C2H6/c20-19(21,22)14-6-5-13(12-25-9-7-23-8-10-25)16(11-14)26-18-24-15-3-1-2-4-17(15)27-18;1-2/h2,4-6,11,23H,1,3,7-10,12H2;1-2H3. The van der Waals surface area contributed by atoms with Crippen LogP contribution in [-0.4, -0.2) is 36.1 Å². The Kier molecular flexibility index (Phi) is 7.32. The number of halogens is 3. The Morgan fingerprint density at radius 3 is 2.66 bits per heavy atom. The highest BCUT2D eigenvalue weighted by Crippen LogP contribution is 2.38. The Balaban J connectivity index is 0.00000117. The number of fused-ring (bicyclic) bond motifs is 1. The number of ether oxygens (including phenoxy) is 1. The molecule has 1 aliphatic heterocycles. The number of nitrogens with one attached hydrogen (secondary N) is 1. The van der Waals surface area contributed by atoms with Crippen molar-refractivity contribution in [3.8, 4) is 10.9 Å². The van der Waals surface area contributed by atoms with Gasteiger partial charge in [-0.05, 0) is 31.1 Å². The van der Waals surface area contributed by atoms with Crippen molar-refractivity contribution in [3.05, 3.63) is 46.0 Å². The Labute approximate surface area is 173 Å². The first-order valence-electron chi connectivity index (χ1n) is 9.96. The second-order valence-electron chi connectivity index (χ2n) is 6.68. The molecule has 1 N–H and O–H groups in total. The van der Waals surface area contributed by atoms with E-state index in [2.05, 4.69) is 21.3 Å². The summed E-state index contributed by atoms with van der Waals surface area (Å²) in [5, 5.41) is 3.67. The number of nitrogens with zero attached hydrogens (tertiary/aromatic N) is 2. The maximum atomic E-state index is 13.2. The third-order valence-electron chi connectivity index (χ3n) is 4.72. The van der Waals surface area contributed by atoms with Crippen molar-refractivity contribution < 1.29 is 17.9 Å². The third kappa shape index (κ3) is 5.58. The van der Waals surface area contributed by atoms with Gasteiger partial charge in [-0.3, -0.25) is 4.90 Å². The summed E-state index contributed by atoms with van der Waals surface area (Å²) in [6, 6.07) is 3.74. The number of allylic oxidation sites excluding steroid dienone is 1. The summed E-state index contributed by atoms with van der Waals surface area (Å²) in [5.74, 6) is 0.235. The fourth-order valence-corrected chi connectivity index (χ4v) is 4.17. The van der Waals surface area contributed by atoms with Gasteiger partial charge in [-0.15, -0.1) is 0 Å². The quantitative estimate of drug-likeness (QED) is 0.717. The van der Waals surface area contributed by atoms with Crippen LogP contribution in [0.2, 0.25) is 0 Å². The topological polar surface area (TPSA) is 37.4 Å². The van der Waals surface area contributed by atoms with Crippen molar-refractivity contribution in [2.45, 2.75) is 39.4 Å². The van der Waals surface area contributed by atoms with Crippen LogP contribution in [0, 0.1) is 0 Å². The highest BCUT2D eigenvalue weighted by atomic mass is 32.1. The predicted molar refractivity (Wildman–Crippen MR) is 110 cm³/mol. The molecule has 2 aromatic rings. The largest absolute Gasteiger partial charge is 0.431 e. The zero-order valence-electron chi connectivity index (χ0n) is 16.7. The summed E-state index contributed by atoms with van der Waals surface area (Å²) < 4.78 is 45.4. The number of hydrogen-bond donors (Lipinski definition) is 1. The van der Waals surface area contributed by atoms with Crippen LogP contribution in [-0.2, 0) is 19.1 Å². The van der Waals surface area contributed by atoms with Crippen LogP contribution in [0.1, 0.15) is 42.0 Å². The smallest absolute Gasteiger partial charge is 0.416 e. The van der Waals surface area contributed by atoms with Crippen LogP contribution >= 0.6 is 11.3 Å². The number of thiazole rings is 1. The normalized spacial score (nSPS) is 16.7. The molecular weight excluding hydrogens is 399 g/mol. The van der Waals surface area contributed by atoms with Gasteiger partial charge in [0.25, 0.3) is 5.19 Å². The summed E-state index contributed by atoms with van der Waals surface area (Å²) in [6.45, 7) is 8.03. The summed E-state index contributed by atoms with van der Waals surface area (Å²) in [4.78, 5) is 7.70. The summed E-state index contributed by atoms with van der Waals surface area (Å²) in [6.07, 6.45) is 1.42. The lowest BCUT2D eigenvalue weighted by molar-refractivity contribution is -0.137. The first-order valence-corrected chi connectivity index (χ1v) is 10.8. The molecule has 1 aromatic carbocycles. The summed E-state index contributed by atoms with van der Waals surface area (Å²) in [5.41, 5.74) is 0.990. The second kappa shape index (κ2) is 9.73. The molecule has 4 rings (SSSR count). The highest BCUT2D eigenvalue weighted by Gasteiger charge is 2.31. The average molecular weight is 426 g/mol. The van der Waals surface area contributed by atoms with Crippen LogP contribution in [0.3, 0.4) is 0 Å². The molecule has 4 nitrogen and oxygen atoms in total. The molecule has 2 aliphatic rings. The molecule has 29 heavy (non-hydrogen) atoms. The van der Waals surface area contributed by atoms with Gasteiger partial charge in [-0.1, -0.05) is 37.3 Å². The zero-order chi connectivity index (χ0) is 20.9. The van der Waals surface area contributed by atoms with E-state index in [0.29, 0.717) is 11.7 Å². The van der Waals surface area contributed by atoms with E-state index in [-0.39, 0.29) is 5.75 Å². The number of benzene rings is 1. The van der Waals surface area contributed by atoms with Crippen LogP contribution in [0.5, 0.6) is 10.9 Å². The van der Waals surface area contributed by atoms with Crippen LogP contribution in [0.4, 0.5) is 13.2 Å². The lowest BCUT2D eigenvalue weighted by Crippen LogP contribution is -2.42. The van der Waals surface area contributed by atoms with Crippen molar-refractivity contribution in [3.63, 3.8) is 0 Å². The van der Waals surface area contributed by atoms with Crippen molar-refractivity contribution in [2.75, 3.05) is 26.2 Å². The van der Waals surface area contributed by atoms with Crippen molar-refractivity contribution >= 4 is 17.4 Å². The molecule has 1 fully saturated rings. The molecule has 158 valence electrons. The molecule has 0 radical (unpaired) electrons. The Hall–Kier alpha value is -1.90. The van der Waals surface area contributed by atoms with E-state index in [1.54, 1.807) is 0 Å². The number of aromatic nitrogens is 1. The van der Waals surface area contributed by atoms with Gasteiger partial charge in [0.15, 0.2) is 0 Å². The molecule has 0 spiro atoms. The maximum Gasteiger partial charge on any atom is 0.416 e. The molecular formula is C21H26F3N3OS. The minimum absolute atomic E-state index is 0.235. The number of alkyl halides is 3. The molecule has 0 saturated carbocycles. The number of piperazine rings is 1. The maximum absolute atomic E-state index is 13.2. The van der Waals surface area contributed by atoms with E-state index in [1.165, 1.54) is 17.4 Å². The second-order valence-corrected chi connectivity index (χ2v) is 7.67. The molecule has 2 heterocycles. The minimum Gasteiger partial charge on any atom is -0.431 e. The van der Waals surface area contributed by atoms with E-state index < -0.39 is 11.7 Å². The predicted octanol–water partition coefficient (Wildman–Crippen LogP) is 5.35. The Morgan fingerprint density at radius 2 is 1.97 bits per heavy atom. The first kappa shape index (κ1) is 21.8.